The van der Waals surface area contributed by atoms with Crippen LogP contribution in [-0.4, -0.2) is 51.7 Å². The highest BCUT2D eigenvalue weighted by Crippen LogP contribution is 2.42. The number of benzene rings is 1. The van der Waals surface area contributed by atoms with Gasteiger partial charge in [0, 0.05) is 57.3 Å². The van der Waals surface area contributed by atoms with Gasteiger partial charge in [-0.1, -0.05) is 12.1 Å². The monoisotopic (exact) mass is 424 g/mol. The summed E-state index contributed by atoms with van der Waals surface area (Å²) in [5, 5.41) is 3.71. The van der Waals surface area contributed by atoms with Crippen LogP contribution in [0.3, 0.4) is 0 Å². The van der Waals surface area contributed by atoms with Crippen molar-refractivity contribution in [1.82, 2.24) is 19.6 Å². The third-order valence-electron chi connectivity index (χ3n) is 5.68. The molecule has 1 saturated carbocycles. The summed E-state index contributed by atoms with van der Waals surface area (Å²) < 4.78 is 53.4. The number of carbonyl (C=O) groups is 1. The summed E-state index contributed by atoms with van der Waals surface area (Å²) in [7, 11) is 0. The van der Waals surface area contributed by atoms with Crippen LogP contribution in [0.2, 0.25) is 0 Å². The van der Waals surface area contributed by atoms with E-state index in [0.717, 1.165) is 24.5 Å². The van der Waals surface area contributed by atoms with Crippen LogP contribution in [0.5, 0.6) is 0 Å². The van der Waals surface area contributed by atoms with Gasteiger partial charge in [0.2, 0.25) is 5.91 Å². The van der Waals surface area contributed by atoms with Gasteiger partial charge in [0.25, 0.3) is 0 Å². The normalized spacial score (nSPS) is 18.1. The maximum atomic E-state index is 13.0. The topological polar surface area (TPSA) is 41.4 Å². The molecule has 0 atom stereocenters. The third kappa shape index (κ3) is 5.00. The van der Waals surface area contributed by atoms with Crippen molar-refractivity contribution in [1.29, 1.82) is 0 Å². The highest BCUT2D eigenvalue weighted by Gasteiger charge is 2.37. The molecule has 0 bridgehead atoms. The van der Waals surface area contributed by atoms with Gasteiger partial charge in [0.05, 0.1) is 0 Å². The summed E-state index contributed by atoms with van der Waals surface area (Å²) in [5.74, 6) is -0.209. The van der Waals surface area contributed by atoms with Crippen LogP contribution in [0.25, 0.3) is 0 Å². The van der Waals surface area contributed by atoms with Crippen molar-refractivity contribution in [3.05, 3.63) is 53.1 Å². The quantitative estimate of drug-likeness (QED) is 0.665. The van der Waals surface area contributed by atoms with E-state index in [0.29, 0.717) is 38.4 Å². The van der Waals surface area contributed by atoms with Gasteiger partial charge in [0.15, 0.2) is 5.69 Å². The average Bonchev–Trinajstić information content (AvgIpc) is 3.46. The molecule has 0 N–H and O–H groups in total. The molecule has 2 aliphatic rings. The van der Waals surface area contributed by atoms with E-state index in [9.17, 15) is 22.4 Å². The number of nitrogens with zero attached hydrogens (tertiary/aromatic N) is 4. The van der Waals surface area contributed by atoms with Gasteiger partial charge < -0.3 is 4.90 Å². The van der Waals surface area contributed by atoms with E-state index in [4.69, 9.17) is 0 Å². The first-order valence-electron chi connectivity index (χ1n) is 10.2. The van der Waals surface area contributed by atoms with E-state index >= 15 is 0 Å². The van der Waals surface area contributed by atoms with Crippen molar-refractivity contribution in [2.75, 3.05) is 26.2 Å². The molecule has 9 heteroatoms. The number of hydrogen-bond donors (Lipinski definition) is 0. The van der Waals surface area contributed by atoms with Gasteiger partial charge >= 0.3 is 6.18 Å². The second kappa shape index (κ2) is 8.37. The molecule has 2 heterocycles. The van der Waals surface area contributed by atoms with E-state index in [2.05, 4.69) is 10.00 Å². The molecule has 1 aliphatic heterocycles. The van der Waals surface area contributed by atoms with Gasteiger partial charge in [-0.15, -0.1) is 0 Å². The number of halogens is 4. The lowest BCUT2D eigenvalue weighted by atomic mass is 10.2. The summed E-state index contributed by atoms with van der Waals surface area (Å²) in [6.07, 6.45) is -2.60. The number of rotatable bonds is 6. The van der Waals surface area contributed by atoms with E-state index < -0.39 is 11.9 Å². The number of amides is 1. The Morgan fingerprint density at radius 2 is 1.73 bits per heavy atom. The SMILES string of the molecule is O=C(CCn1nc(C(F)(F)F)cc1C1CC1)N1CCN(Cc2ccc(F)cc2)CC1. The first kappa shape index (κ1) is 20.8. The molecule has 2 fully saturated rings. The Kier molecular flexibility index (Phi) is 5.81. The van der Waals surface area contributed by atoms with Crippen LogP contribution >= 0.6 is 0 Å². The number of alkyl halides is 3. The Morgan fingerprint density at radius 1 is 1.07 bits per heavy atom. The molecular weight excluding hydrogens is 400 g/mol. The van der Waals surface area contributed by atoms with Crippen molar-refractivity contribution in [2.45, 2.75) is 44.4 Å². The van der Waals surface area contributed by atoms with Gasteiger partial charge in [-0.25, -0.2) is 4.39 Å². The van der Waals surface area contributed by atoms with Gasteiger partial charge in [-0.2, -0.15) is 18.3 Å². The molecule has 1 aromatic heterocycles. The van der Waals surface area contributed by atoms with E-state index in [1.807, 2.05) is 0 Å². The molecule has 1 saturated heterocycles. The molecule has 4 rings (SSSR count). The number of piperazine rings is 1. The summed E-state index contributed by atoms with van der Waals surface area (Å²) in [6, 6.07) is 7.50. The maximum Gasteiger partial charge on any atom is 0.435 e. The minimum atomic E-state index is -4.47. The smallest absolute Gasteiger partial charge is 0.340 e. The highest BCUT2D eigenvalue weighted by atomic mass is 19.4. The fourth-order valence-electron chi connectivity index (χ4n) is 3.82. The second-order valence-electron chi connectivity index (χ2n) is 7.98. The molecule has 2 aromatic rings. The van der Waals surface area contributed by atoms with Crippen LogP contribution in [0.15, 0.2) is 30.3 Å². The van der Waals surface area contributed by atoms with E-state index in [-0.39, 0.29) is 30.6 Å². The zero-order valence-corrected chi connectivity index (χ0v) is 16.5. The number of aromatic nitrogens is 2. The molecule has 30 heavy (non-hydrogen) atoms. The summed E-state index contributed by atoms with van der Waals surface area (Å²) in [5.41, 5.74) is 0.716. The van der Waals surface area contributed by atoms with Crippen LogP contribution < -0.4 is 0 Å². The molecule has 0 spiro atoms. The fraction of sp³-hybridized carbons (Fsp3) is 0.524. The Balaban J connectivity index is 1.28. The van der Waals surface area contributed by atoms with Crippen LogP contribution in [0.4, 0.5) is 17.6 Å². The number of aryl methyl sites for hydroxylation is 1. The lowest BCUT2D eigenvalue weighted by Crippen LogP contribution is -2.48. The van der Waals surface area contributed by atoms with Crippen LogP contribution in [-0.2, 0) is 24.1 Å². The van der Waals surface area contributed by atoms with Crippen molar-refractivity contribution in [3.8, 4) is 0 Å². The Labute approximate surface area is 172 Å². The minimum Gasteiger partial charge on any atom is -0.340 e. The predicted octanol–water partition coefficient (Wildman–Crippen LogP) is 3.65. The molecular formula is C21H24F4N4O. The molecule has 5 nitrogen and oxygen atoms in total. The van der Waals surface area contributed by atoms with Crippen molar-refractivity contribution < 1.29 is 22.4 Å². The van der Waals surface area contributed by atoms with Gasteiger partial charge in [0.1, 0.15) is 5.82 Å². The van der Waals surface area contributed by atoms with Crippen LogP contribution in [0, 0.1) is 5.82 Å². The number of hydrogen-bond acceptors (Lipinski definition) is 3. The van der Waals surface area contributed by atoms with Gasteiger partial charge in [-0.05, 0) is 36.6 Å². The molecule has 162 valence electrons. The first-order valence-corrected chi connectivity index (χ1v) is 10.2. The second-order valence-corrected chi connectivity index (χ2v) is 7.98. The summed E-state index contributed by atoms with van der Waals surface area (Å²) in [6.45, 7) is 3.41. The Hall–Kier alpha value is -2.42. The molecule has 0 unspecified atom stereocenters. The zero-order chi connectivity index (χ0) is 21.3. The Bertz CT molecular complexity index is 881. The molecule has 1 aliphatic carbocycles. The molecule has 1 amide bonds. The fourth-order valence-corrected chi connectivity index (χ4v) is 3.82. The largest absolute Gasteiger partial charge is 0.435 e. The standard InChI is InChI=1S/C21H24F4N4O/c22-17-5-1-15(2-6-17)14-27-9-11-28(12-10-27)20(30)7-8-29-18(16-3-4-16)13-19(26-29)21(23,24)25/h1-2,5-6,13,16H,3-4,7-12,14H2. The third-order valence-corrected chi connectivity index (χ3v) is 5.68. The van der Waals surface area contributed by atoms with Crippen molar-refractivity contribution >= 4 is 5.91 Å². The van der Waals surface area contributed by atoms with Crippen molar-refractivity contribution in [3.63, 3.8) is 0 Å². The molecule has 0 radical (unpaired) electrons. The zero-order valence-electron chi connectivity index (χ0n) is 16.5. The average molecular weight is 424 g/mol. The Morgan fingerprint density at radius 3 is 2.33 bits per heavy atom. The maximum absolute atomic E-state index is 13.0. The molecule has 1 aromatic carbocycles. The lowest BCUT2D eigenvalue weighted by molar-refractivity contribution is -0.141. The van der Waals surface area contributed by atoms with Crippen LogP contribution in [0.1, 0.15) is 42.1 Å². The number of carbonyl (C=O) groups excluding carboxylic acids is 1. The summed E-state index contributed by atoms with van der Waals surface area (Å²) in [4.78, 5) is 16.5. The predicted molar refractivity (Wildman–Crippen MR) is 102 cm³/mol. The lowest BCUT2D eigenvalue weighted by Gasteiger charge is -2.34. The first-order chi connectivity index (χ1) is 14.3. The summed E-state index contributed by atoms with van der Waals surface area (Å²) >= 11 is 0. The van der Waals surface area contributed by atoms with E-state index in [1.54, 1.807) is 17.0 Å². The van der Waals surface area contributed by atoms with Crippen molar-refractivity contribution in [2.24, 2.45) is 0 Å². The van der Waals surface area contributed by atoms with E-state index in [1.165, 1.54) is 16.8 Å². The van der Waals surface area contributed by atoms with Gasteiger partial charge in [-0.3, -0.25) is 14.4 Å². The minimum absolute atomic E-state index is 0.0674. The highest BCUT2D eigenvalue weighted by molar-refractivity contribution is 5.76.